The van der Waals surface area contributed by atoms with E-state index in [0.29, 0.717) is 29.3 Å². The van der Waals surface area contributed by atoms with Crippen LogP contribution in [0.4, 0.5) is 14.5 Å². The van der Waals surface area contributed by atoms with Gasteiger partial charge in [-0.05, 0) is 36.1 Å². The minimum absolute atomic E-state index is 0.0609. The quantitative estimate of drug-likeness (QED) is 0.429. The lowest BCUT2D eigenvalue weighted by Crippen LogP contribution is -2.25. The number of halogens is 2. The Labute approximate surface area is 191 Å². The number of nitrogens with zero attached hydrogens (tertiary/aromatic N) is 3. The molecule has 0 bridgehead atoms. The fraction of sp³-hybridized carbons (Fsp3) is 0.346. The Morgan fingerprint density at radius 2 is 1.82 bits per heavy atom. The van der Waals surface area contributed by atoms with Gasteiger partial charge in [0.25, 0.3) is 5.56 Å². The number of aromatic nitrogens is 2. The summed E-state index contributed by atoms with van der Waals surface area (Å²) in [5.41, 5.74) is 0.708. The zero-order valence-electron chi connectivity index (χ0n) is 18.7. The van der Waals surface area contributed by atoms with Gasteiger partial charge < -0.3 is 4.74 Å². The Kier molecular flexibility index (Phi) is 6.55. The Bertz CT molecular complexity index is 1290. The van der Waals surface area contributed by atoms with Crippen molar-refractivity contribution in [3.05, 3.63) is 75.6 Å². The second kappa shape index (κ2) is 9.53. The summed E-state index contributed by atoms with van der Waals surface area (Å²) >= 11 is 0. The van der Waals surface area contributed by atoms with Crippen molar-refractivity contribution in [3.8, 4) is 28.1 Å². The van der Waals surface area contributed by atoms with Crippen molar-refractivity contribution in [2.45, 2.75) is 38.5 Å². The molecule has 4 rings (SSSR count). The highest BCUT2D eigenvalue weighted by molar-refractivity contribution is 5.81. The number of aryl methyl sites for hydroxylation is 1. The normalized spacial score (nSPS) is 13.8. The van der Waals surface area contributed by atoms with E-state index in [1.54, 1.807) is 19.2 Å². The van der Waals surface area contributed by atoms with Crippen molar-refractivity contribution >= 4 is 5.69 Å². The maximum absolute atomic E-state index is 14.5. The number of hydrogen-bond donors (Lipinski definition) is 0. The number of ether oxygens (including phenoxy) is 1. The van der Waals surface area contributed by atoms with Crippen LogP contribution < -0.4 is 10.3 Å². The Morgan fingerprint density at radius 1 is 1.12 bits per heavy atom. The lowest BCUT2D eigenvalue weighted by molar-refractivity contribution is 0.386. The van der Waals surface area contributed by atoms with E-state index in [0.717, 1.165) is 6.42 Å². The van der Waals surface area contributed by atoms with Gasteiger partial charge in [-0.15, -0.1) is 0 Å². The van der Waals surface area contributed by atoms with Crippen LogP contribution in [-0.2, 0) is 13.5 Å². The minimum atomic E-state index is -0.690. The molecule has 2 aromatic carbocycles. The van der Waals surface area contributed by atoms with Crippen LogP contribution in [0.3, 0.4) is 0 Å². The Balaban J connectivity index is 1.88. The fourth-order valence-electron chi connectivity index (χ4n) is 4.54. The van der Waals surface area contributed by atoms with Crippen LogP contribution in [-0.4, -0.2) is 16.7 Å². The predicted molar refractivity (Wildman–Crippen MR) is 123 cm³/mol. The van der Waals surface area contributed by atoms with Gasteiger partial charge >= 0.3 is 0 Å². The summed E-state index contributed by atoms with van der Waals surface area (Å²) < 4.78 is 35.4. The molecule has 0 N–H and O–H groups in total. The molecule has 1 aliphatic rings. The Hall–Kier alpha value is -3.53. The van der Waals surface area contributed by atoms with Crippen molar-refractivity contribution in [1.82, 2.24) is 9.55 Å². The van der Waals surface area contributed by atoms with Gasteiger partial charge in [0.05, 0.1) is 24.9 Å². The molecule has 1 saturated carbocycles. The molecule has 5 nitrogen and oxygen atoms in total. The standard InChI is InChI=1S/C26H25F2N3O2/c1-29-21-11-9-18(15-19(21)27)25-24(17-10-12-22(33-3)20(28)14-17)26(32)31(2)23(30-25)13-8-16-6-4-5-7-16/h9-12,14-16H,4-8,13H2,2-3H3. The molecule has 33 heavy (non-hydrogen) atoms. The van der Waals surface area contributed by atoms with E-state index < -0.39 is 11.6 Å². The average molecular weight is 450 g/mol. The van der Waals surface area contributed by atoms with E-state index in [9.17, 15) is 13.6 Å². The van der Waals surface area contributed by atoms with Gasteiger partial charge in [-0.2, -0.15) is 0 Å². The number of rotatable bonds is 6. The number of benzene rings is 2. The van der Waals surface area contributed by atoms with Gasteiger partial charge in [-0.3, -0.25) is 9.36 Å². The number of hydrogen-bond acceptors (Lipinski definition) is 3. The minimum Gasteiger partial charge on any atom is -0.494 e. The van der Waals surface area contributed by atoms with Crippen LogP contribution >= 0.6 is 0 Å². The summed E-state index contributed by atoms with van der Waals surface area (Å²) in [5, 5.41) is 0. The highest BCUT2D eigenvalue weighted by atomic mass is 19.1. The molecule has 170 valence electrons. The highest BCUT2D eigenvalue weighted by Crippen LogP contribution is 2.33. The van der Waals surface area contributed by atoms with Gasteiger partial charge in [0.1, 0.15) is 11.6 Å². The van der Waals surface area contributed by atoms with E-state index in [1.165, 1.54) is 61.6 Å². The first-order chi connectivity index (χ1) is 15.9. The first-order valence-corrected chi connectivity index (χ1v) is 11.0. The molecule has 0 unspecified atom stereocenters. The topological polar surface area (TPSA) is 48.5 Å². The molecule has 0 aliphatic heterocycles. The highest BCUT2D eigenvalue weighted by Gasteiger charge is 2.22. The van der Waals surface area contributed by atoms with Gasteiger partial charge in [0.15, 0.2) is 11.6 Å². The van der Waals surface area contributed by atoms with E-state index in [2.05, 4.69) is 4.85 Å². The largest absolute Gasteiger partial charge is 0.494 e. The van der Waals surface area contributed by atoms with E-state index in [1.807, 2.05) is 0 Å². The Morgan fingerprint density at radius 3 is 2.45 bits per heavy atom. The molecule has 1 fully saturated rings. The van der Waals surface area contributed by atoms with Gasteiger partial charge in [0.2, 0.25) is 5.69 Å². The second-order valence-corrected chi connectivity index (χ2v) is 8.43. The van der Waals surface area contributed by atoms with Crippen LogP contribution in [0.25, 0.3) is 27.2 Å². The second-order valence-electron chi connectivity index (χ2n) is 8.43. The molecule has 3 aromatic rings. The first kappa shape index (κ1) is 22.7. The molecule has 0 spiro atoms. The van der Waals surface area contributed by atoms with Crippen molar-refractivity contribution in [1.29, 1.82) is 0 Å². The fourth-order valence-corrected chi connectivity index (χ4v) is 4.54. The van der Waals surface area contributed by atoms with Gasteiger partial charge in [-0.25, -0.2) is 18.6 Å². The van der Waals surface area contributed by atoms with Crippen LogP contribution in [0.5, 0.6) is 5.75 Å². The molecule has 7 heteroatoms. The lowest BCUT2D eigenvalue weighted by Gasteiger charge is -2.17. The maximum atomic E-state index is 14.5. The van der Waals surface area contributed by atoms with Gasteiger partial charge in [-0.1, -0.05) is 43.9 Å². The van der Waals surface area contributed by atoms with Crippen molar-refractivity contribution < 1.29 is 13.5 Å². The zero-order valence-corrected chi connectivity index (χ0v) is 18.7. The smallest absolute Gasteiger partial charge is 0.261 e. The third-order valence-electron chi connectivity index (χ3n) is 6.42. The van der Waals surface area contributed by atoms with Gasteiger partial charge in [0, 0.05) is 19.0 Å². The summed E-state index contributed by atoms with van der Waals surface area (Å²) in [7, 11) is 3.03. The zero-order chi connectivity index (χ0) is 23.5. The maximum Gasteiger partial charge on any atom is 0.261 e. The van der Waals surface area contributed by atoms with Crippen LogP contribution in [0.2, 0.25) is 0 Å². The van der Waals surface area contributed by atoms with Crippen molar-refractivity contribution in [3.63, 3.8) is 0 Å². The third-order valence-corrected chi connectivity index (χ3v) is 6.42. The summed E-state index contributed by atoms with van der Waals surface area (Å²) in [6, 6.07) is 8.41. The molecule has 1 aliphatic carbocycles. The average Bonchev–Trinajstić information content (AvgIpc) is 3.33. The molecule has 0 amide bonds. The lowest BCUT2D eigenvalue weighted by atomic mass is 9.98. The SMILES string of the molecule is [C-]#[N+]c1ccc(-c2nc(CCC3CCCC3)n(C)c(=O)c2-c2ccc(OC)c(F)c2)cc1F. The van der Waals surface area contributed by atoms with Crippen LogP contribution in [0, 0.1) is 24.1 Å². The van der Waals surface area contributed by atoms with Crippen LogP contribution in [0.1, 0.15) is 37.9 Å². The van der Waals surface area contributed by atoms with E-state index in [4.69, 9.17) is 16.3 Å². The molecular formula is C26H25F2N3O2. The summed E-state index contributed by atoms with van der Waals surface area (Å²) in [6.07, 6.45) is 6.40. The first-order valence-electron chi connectivity index (χ1n) is 11.0. The predicted octanol–water partition coefficient (Wildman–Crippen LogP) is 6.07. The molecule has 0 radical (unpaired) electrons. The molecule has 0 saturated heterocycles. The molecular weight excluding hydrogens is 424 g/mol. The van der Waals surface area contributed by atoms with Crippen molar-refractivity contribution in [2.24, 2.45) is 13.0 Å². The van der Waals surface area contributed by atoms with Crippen molar-refractivity contribution in [2.75, 3.05) is 7.11 Å². The third kappa shape index (κ3) is 4.51. The summed E-state index contributed by atoms with van der Waals surface area (Å²) in [4.78, 5) is 21.4. The molecule has 1 aromatic heterocycles. The summed E-state index contributed by atoms with van der Waals surface area (Å²) in [5.74, 6) is -0.0108. The summed E-state index contributed by atoms with van der Waals surface area (Å²) in [6.45, 7) is 7.09. The number of methoxy groups -OCH3 is 1. The van der Waals surface area contributed by atoms with Crippen LogP contribution in [0.15, 0.2) is 41.2 Å². The molecule has 1 heterocycles. The van der Waals surface area contributed by atoms with E-state index >= 15 is 0 Å². The molecule has 0 atom stereocenters. The monoisotopic (exact) mass is 449 g/mol. The van der Waals surface area contributed by atoms with E-state index in [-0.39, 0.29) is 28.3 Å².